The Kier molecular flexibility index (Phi) is 3.28. The van der Waals surface area contributed by atoms with E-state index in [2.05, 4.69) is 4.98 Å². The maximum Gasteiger partial charge on any atom is 0.311 e. The summed E-state index contributed by atoms with van der Waals surface area (Å²) in [6.45, 7) is 0.443. The van der Waals surface area contributed by atoms with Crippen molar-refractivity contribution in [2.45, 2.75) is 25.3 Å². The summed E-state index contributed by atoms with van der Waals surface area (Å²) in [7, 11) is 0. The Labute approximate surface area is 104 Å². The molecule has 1 saturated carbocycles. The average Bonchev–Trinajstić information content (AvgIpc) is 3.13. The molecule has 1 aromatic heterocycles. The summed E-state index contributed by atoms with van der Waals surface area (Å²) in [5, 5.41) is 19.6. The van der Waals surface area contributed by atoms with Crippen molar-refractivity contribution in [1.82, 2.24) is 4.98 Å². The number of pyridine rings is 1. The number of nitriles is 1. The molecule has 1 aromatic rings. The lowest BCUT2D eigenvalue weighted by Gasteiger charge is -2.22. The zero-order valence-corrected chi connectivity index (χ0v) is 9.74. The van der Waals surface area contributed by atoms with Crippen molar-refractivity contribution in [1.29, 1.82) is 5.26 Å². The number of nitrogens with zero attached hydrogens (tertiary/aromatic N) is 4. The van der Waals surface area contributed by atoms with E-state index in [1.165, 1.54) is 12.1 Å². The molecule has 0 aromatic carbocycles. The molecule has 1 aliphatic carbocycles. The number of hydrogen-bond donors (Lipinski definition) is 1. The Morgan fingerprint density at radius 2 is 2.33 bits per heavy atom. The van der Waals surface area contributed by atoms with Crippen LogP contribution >= 0.6 is 0 Å². The van der Waals surface area contributed by atoms with Crippen LogP contribution in [0, 0.1) is 21.4 Å². The Morgan fingerprint density at radius 1 is 1.61 bits per heavy atom. The molecule has 0 aliphatic heterocycles. The highest BCUT2D eigenvalue weighted by molar-refractivity contribution is 5.62. The number of nitro groups is 1. The minimum atomic E-state index is -0.469. The maximum atomic E-state index is 11.0. The number of rotatable bonds is 5. The van der Waals surface area contributed by atoms with Crippen molar-refractivity contribution in [2.75, 3.05) is 17.2 Å². The van der Waals surface area contributed by atoms with Crippen molar-refractivity contribution in [2.24, 2.45) is 0 Å². The molecule has 0 amide bonds. The zero-order valence-electron chi connectivity index (χ0n) is 9.74. The topological polar surface area (TPSA) is 109 Å². The van der Waals surface area contributed by atoms with E-state index < -0.39 is 4.92 Å². The Hall–Kier alpha value is -2.36. The predicted molar refractivity (Wildman–Crippen MR) is 65.9 cm³/mol. The molecule has 0 unspecified atom stereocenters. The van der Waals surface area contributed by atoms with Gasteiger partial charge in [0, 0.05) is 18.7 Å². The Balaban J connectivity index is 2.36. The van der Waals surface area contributed by atoms with Crippen molar-refractivity contribution < 1.29 is 4.92 Å². The molecule has 0 saturated heterocycles. The smallest absolute Gasteiger partial charge is 0.311 e. The third-order valence-electron chi connectivity index (χ3n) is 2.80. The molecule has 0 radical (unpaired) electrons. The van der Waals surface area contributed by atoms with Gasteiger partial charge in [-0.1, -0.05) is 0 Å². The van der Waals surface area contributed by atoms with E-state index in [1.54, 1.807) is 0 Å². The highest BCUT2D eigenvalue weighted by Gasteiger charge is 2.33. The molecule has 2 rings (SSSR count). The average molecular weight is 247 g/mol. The lowest BCUT2D eigenvalue weighted by Crippen LogP contribution is -2.28. The van der Waals surface area contributed by atoms with Gasteiger partial charge in [-0.25, -0.2) is 4.98 Å². The summed E-state index contributed by atoms with van der Waals surface area (Å²) in [6, 6.07) is 5.06. The standard InChI is InChI=1S/C11H13N5O2/c12-6-1-7-15(8-2-3-8)11-9(16(17)18)4-5-10(13)14-11/h4-5,8H,1-3,7H2,(H2,13,14). The second kappa shape index (κ2) is 4.87. The fourth-order valence-corrected chi connectivity index (χ4v) is 1.83. The molecule has 0 atom stereocenters. The second-order valence-electron chi connectivity index (χ2n) is 4.17. The molecule has 0 spiro atoms. The predicted octanol–water partition coefficient (Wildman–Crippen LogP) is 1.45. The van der Waals surface area contributed by atoms with Crippen LogP contribution in [0.25, 0.3) is 0 Å². The lowest BCUT2D eigenvalue weighted by molar-refractivity contribution is -0.384. The third kappa shape index (κ3) is 2.48. The second-order valence-corrected chi connectivity index (χ2v) is 4.17. The fraction of sp³-hybridized carbons (Fsp3) is 0.455. The number of nitrogens with two attached hydrogens (primary N) is 1. The van der Waals surface area contributed by atoms with Gasteiger partial charge in [-0.15, -0.1) is 0 Å². The fourth-order valence-electron chi connectivity index (χ4n) is 1.83. The maximum absolute atomic E-state index is 11.0. The van der Waals surface area contributed by atoms with E-state index in [9.17, 15) is 10.1 Å². The molecule has 7 nitrogen and oxygen atoms in total. The van der Waals surface area contributed by atoms with Crippen molar-refractivity contribution in [3.63, 3.8) is 0 Å². The van der Waals surface area contributed by atoms with Crippen molar-refractivity contribution in [3.05, 3.63) is 22.2 Å². The first-order chi connectivity index (χ1) is 8.63. The van der Waals surface area contributed by atoms with Crippen LogP contribution in [-0.2, 0) is 0 Å². The van der Waals surface area contributed by atoms with Crippen LogP contribution in [0.1, 0.15) is 19.3 Å². The first-order valence-electron chi connectivity index (χ1n) is 5.68. The quantitative estimate of drug-likeness (QED) is 0.623. The summed E-state index contributed by atoms with van der Waals surface area (Å²) >= 11 is 0. The number of nitrogen functional groups attached to an aromatic ring is 1. The molecule has 7 heteroatoms. The Bertz CT molecular complexity index is 507. The van der Waals surface area contributed by atoms with Gasteiger partial charge in [0.25, 0.3) is 0 Å². The molecular formula is C11H13N5O2. The van der Waals surface area contributed by atoms with Gasteiger partial charge in [0.2, 0.25) is 5.82 Å². The summed E-state index contributed by atoms with van der Waals surface area (Å²) in [4.78, 5) is 16.4. The minimum Gasteiger partial charge on any atom is -0.384 e. The van der Waals surface area contributed by atoms with Crippen LogP contribution in [0.3, 0.4) is 0 Å². The van der Waals surface area contributed by atoms with Gasteiger partial charge in [0.05, 0.1) is 17.4 Å². The minimum absolute atomic E-state index is 0.0611. The molecular weight excluding hydrogens is 234 g/mol. The van der Waals surface area contributed by atoms with E-state index in [-0.39, 0.29) is 23.4 Å². The van der Waals surface area contributed by atoms with Gasteiger partial charge in [-0.2, -0.15) is 5.26 Å². The van der Waals surface area contributed by atoms with Crippen LogP contribution < -0.4 is 10.6 Å². The SMILES string of the molecule is N#CCCN(c1nc(N)ccc1[N+](=O)[O-])C1CC1. The highest BCUT2D eigenvalue weighted by atomic mass is 16.6. The number of hydrogen-bond acceptors (Lipinski definition) is 6. The van der Waals surface area contributed by atoms with Crippen LogP contribution in [0.5, 0.6) is 0 Å². The molecule has 18 heavy (non-hydrogen) atoms. The summed E-state index contributed by atoms with van der Waals surface area (Å²) in [5.74, 6) is 0.524. The van der Waals surface area contributed by atoms with E-state index in [0.29, 0.717) is 13.0 Å². The van der Waals surface area contributed by atoms with Gasteiger partial charge >= 0.3 is 5.69 Å². The third-order valence-corrected chi connectivity index (χ3v) is 2.80. The molecule has 2 N–H and O–H groups in total. The van der Waals surface area contributed by atoms with Gasteiger partial charge in [0.1, 0.15) is 5.82 Å². The first kappa shape index (κ1) is 12.1. The monoisotopic (exact) mass is 247 g/mol. The van der Waals surface area contributed by atoms with Crippen LogP contribution in [0.2, 0.25) is 0 Å². The van der Waals surface area contributed by atoms with E-state index >= 15 is 0 Å². The molecule has 0 bridgehead atoms. The molecule has 1 aliphatic rings. The largest absolute Gasteiger partial charge is 0.384 e. The zero-order chi connectivity index (χ0) is 13.1. The molecule has 1 heterocycles. The van der Waals surface area contributed by atoms with Crippen molar-refractivity contribution in [3.8, 4) is 6.07 Å². The van der Waals surface area contributed by atoms with Gasteiger partial charge in [0.15, 0.2) is 0 Å². The number of anilines is 2. The van der Waals surface area contributed by atoms with E-state index in [0.717, 1.165) is 12.8 Å². The highest BCUT2D eigenvalue weighted by Crippen LogP contribution is 2.35. The Morgan fingerprint density at radius 3 is 2.89 bits per heavy atom. The molecule has 94 valence electrons. The van der Waals surface area contributed by atoms with Gasteiger partial charge in [-0.3, -0.25) is 10.1 Å². The summed E-state index contributed by atoms with van der Waals surface area (Å²) < 4.78 is 0. The normalized spacial score (nSPS) is 13.9. The van der Waals surface area contributed by atoms with E-state index in [1.807, 2.05) is 11.0 Å². The lowest BCUT2D eigenvalue weighted by atomic mass is 10.3. The summed E-state index contributed by atoms with van der Waals surface area (Å²) in [6.07, 6.45) is 2.25. The number of aromatic nitrogens is 1. The van der Waals surface area contributed by atoms with Crippen molar-refractivity contribution >= 4 is 17.3 Å². The first-order valence-corrected chi connectivity index (χ1v) is 5.68. The van der Waals surface area contributed by atoms with Gasteiger partial charge in [-0.05, 0) is 18.9 Å². The molecule has 1 fully saturated rings. The van der Waals surface area contributed by atoms with Crippen LogP contribution in [0.4, 0.5) is 17.3 Å². The van der Waals surface area contributed by atoms with Crippen LogP contribution in [0.15, 0.2) is 12.1 Å². The summed E-state index contributed by atoms with van der Waals surface area (Å²) in [5.41, 5.74) is 5.53. The van der Waals surface area contributed by atoms with E-state index in [4.69, 9.17) is 11.0 Å². The van der Waals surface area contributed by atoms with Crippen LogP contribution in [-0.4, -0.2) is 22.5 Å². The van der Waals surface area contributed by atoms with Gasteiger partial charge < -0.3 is 10.6 Å².